The third kappa shape index (κ3) is 4.48. The Morgan fingerprint density at radius 2 is 2.00 bits per heavy atom. The second-order valence-electron chi connectivity index (χ2n) is 6.16. The summed E-state index contributed by atoms with van der Waals surface area (Å²) in [7, 11) is 1.71. The molecule has 0 unspecified atom stereocenters. The minimum atomic E-state index is -0.245. The number of aryl methyl sites for hydroxylation is 1. The lowest BCUT2D eigenvalue weighted by molar-refractivity contribution is 0.0268. The van der Waals surface area contributed by atoms with Gasteiger partial charge in [-0.3, -0.25) is 0 Å². The molecule has 0 aliphatic rings. The maximum absolute atomic E-state index is 5.91. The van der Waals surface area contributed by atoms with Gasteiger partial charge >= 0.3 is 0 Å². The number of fused-ring (bicyclic) bond motifs is 1. The first kappa shape index (κ1) is 17.3. The van der Waals surface area contributed by atoms with Crippen LogP contribution in [0.4, 0.5) is 0 Å². The maximum atomic E-state index is 5.91. The fourth-order valence-corrected chi connectivity index (χ4v) is 2.24. The molecule has 126 valence electrons. The molecule has 0 amide bonds. The van der Waals surface area contributed by atoms with Crippen molar-refractivity contribution in [1.29, 1.82) is 0 Å². The van der Waals surface area contributed by atoms with Crippen LogP contribution in [0.1, 0.15) is 32.1 Å². The summed E-state index contributed by atoms with van der Waals surface area (Å²) in [5, 5.41) is 7.70. The predicted molar refractivity (Wildman–Crippen MR) is 94.9 cm³/mol. The summed E-state index contributed by atoms with van der Waals surface area (Å²) >= 11 is 0. The summed E-state index contributed by atoms with van der Waals surface area (Å²) in [6.45, 7) is 10.2. The van der Waals surface area contributed by atoms with Crippen molar-refractivity contribution in [3.8, 4) is 0 Å². The lowest BCUT2D eigenvalue weighted by Crippen LogP contribution is -2.45. The normalized spacial score (nSPS) is 12.7. The largest absolute Gasteiger partial charge is 0.459 e. The van der Waals surface area contributed by atoms with E-state index < -0.39 is 0 Å². The van der Waals surface area contributed by atoms with Crippen LogP contribution in [0.15, 0.2) is 33.7 Å². The quantitative estimate of drug-likeness (QED) is 0.634. The molecule has 23 heavy (non-hydrogen) atoms. The topological polar surface area (TPSA) is 58.8 Å². The van der Waals surface area contributed by atoms with Crippen molar-refractivity contribution in [2.45, 2.75) is 39.8 Å². The number of hydrogen-bond donors (Lipinski definition) is 2. The zero-order valence-electron chi connectivity index (χ0n) is 14.7. The molecule has 5 nitrogen and oxygen atoms in total. The molecular formula is C18H27N3O2. The van der Waals surface area contributed by atoms with Gasteiger partial charge in [0.15, 0.2) is 5.96 Å². The fourth-order valence-electron chi connectivity index (χ4n) is 2.24. The number of rotatable bonds is 6. The van der Waals surface area contributed by atoms with E-state index in [1.807, 2.05) is 39.0 Å². The lowest BCUT2D eigenvalue weighted by Gasteiger charge is -2.24. The van der Waals surface area contributed by atoms with E-state index in [4.69, 9.17) is 9.15 Å². The molecule has 2 aromatic rings. The molecule has 0 saturated carbocycles. The van der Waals surface area contributed by atoms with Gasteiger partial charge in [-0.2, -0.15) is 0 Å². The van der Waals surface area contributed by atoms with Gasteiger partial charge in [0.1, 0.15) is 17.9 Å². The molecule has 0 bridgehead atoms. The van der Waals surface area contributed by atoms with E-state index in [-0.39, 0.29) is 5.60 Å². The van der Waals surface area contributed by atoms with E-state index in [1.54, 1.807) is 7.11 Å². The van der Waals surface area contributed by atoms with E-state index in [0.29, 0.717) is 13.1 Å². The Labute approximate surface area is 138 Å². The second-order valence-corrected chi connectivity index (χ2v) is 6.16. The highest BCUT2D eigenvalue weighted by Crippen LogP contribution is 2.25. The smallest absolute Gasteiger partial charge is 0.191 e. The minimum absolute atomic E-state index is 0.245. The van der Waals surface area contributed by atoms with Crippen LogP contribution in [0.2, 0.25) is 0 Å². The van der Waals surface area contributed by atoms with Crippen LogP contribution >= 0.6 is 0 Å². The highest BCUT2D eigenvalue weighted by atomic mass is 16.5. The number of nitrogens with zero attached hydrogens (tertiary/aromatic N) is 1. The Bertz CT molecular complexity index is 674. The molecule has 0 aliphatic heterocycles. The zero-order valence-corrected chi connectivity index (χ0v) is 14.7. The molecule has 0 fully saturated rings. The fraction of sp³-hybridized carbons (Fsp3) is 0.500. The monoisotopic (exact) mass is 317 g/mol. The van der Waals surface area contributed by atoms with E-state index in [9.17, 15) is 0 Å². The molecule has 0 saturated heterocycles. The predicted octanol–water partition coefficient (Wildman–Crippen LogP) is 3.22. The number of benzene rings is 1. The van der Waals surface area contributed by atoms with E-state index in [2.05, 4.69) is 28.6 Å². The van der Waals surface area contributed by atoms with Crippen molar-refractivity contribution >= 4 is 16.9 Å². The summed E-state index contributed by atoms with van der Waals surface area (Å²) < 4.78 is 11.3. The first-order chi connectivity index (χ1) is 11.0. The molecule has 1 aromatic heterocycles. The van der Waals surface area contributed by atoms with Crippen LogP contribution in [0.3, 0.4) is 0 Å². The van der Waals surface area contributed by atoms with Crippen molar-refractivity contribution in [1.82, 2.24) is 10.6 Å². The van der Waals surface area contributed by atoms with Crippen LogP contribution in [0, 0.1) is 6.92 Å². The molecule has 1 heterocycles. The Morgan fingerprint density at radius 3 is 2.65 bits per heavy atom. The van der Waals surface area contributed by atoms with Crippen molar-refractivity contribution in [2.75, 3.05) is 20.2 Å². The van der Waals surface area contributed by atoms with Crippen LogP contribution < -0.4 is 10.6 Å². The summed E-state index contributed by atoms with van der Waals surface area (Å²) in [6.07, 6.45) is 0. The van der Waals surface area contributed by atoms with Gasteiger partial charge in [0.2, 0.25) is 0 Å². The van der Waals surface area contributed by atoms with Gasteiger partial charge in [-0.05, 0) is 33.8 Å². The minimum Gasteiger partial charge on any atom is -0.459 e. The molecule has 2 N–H and O–H groups in total. The third-order valence-electron chi connectivity index (χ3n) is 3.90. The molecule has 0 spiro atoms. The Hall–Kier alpha value is -2.01. The molecular weight excluding hydrogens is 290 g/mol. The first-order valence-electron chi connectivity index (χ1n) is 8.01. The number of methoxy groups -OCH3 is 1. The average molecular weight is 317 g/mol. The van der Waals surface area contributed by atoms with Gasteiger partial charge in [0, 0.05) is 31.1 Å². The Kier molecular flexibility index (Phi) is 5.66. The summed E-state index contributed by atoms with van der Waals surface area (Å²) in [5.41, 5.74) is 1.82. The molecule has 0 aliphatic carbocycles. The van der Waals surface area contributed by atoms with Crippen LogP contribution in [0.5, 0.6) is 0 Å². The van der Waals surface area contributed by atoms with E-state index in [0.717, 1.165) is 34.8 Å². The van der Waals surface area contributed by atoms with Crippen molar-refractivity contribution in [3.05, 3.63) is 35.6 Å². The number of ether oxygens (including phenoxy) is 1. The van der Waals surface area contributed by atoms with Gasteiger partial charge in [0.05, 0.1) is 5.60 Å². The second kappa shape index (κ2) is 7.51. The highest BCUT2D eigenvalue weighted by molar-refractivity contribution is 5.82. The number of hydrogen-bond acceptors (Lipinski definition) is 3. The average Bonchev–Trinajstić information content (AvgIpc) is 2.87. The Morgan fingerprint density at radius 1 is 1.26 bits per heavy atom. The number of guanidine groups is 1. The first-order valence-corrected chi connectivity index (χ1v) is 8.01. The number of furan rings is 1. The van der Waals surface area contributed by atoms with Gasteiger partial charge in [-0.1, -0.05) is 18.2 Å². The molecule has 0 radical (unpaired) electrons. The van der Waals surface area contributed by atoms with Crippen molar-refractivity contribution < 1.29 is 9.15 Å². The molecule has 5 heteroatoms. The van der Waals surface area contributed by atoms with Crippen molar-refractivity contribution in [3.63, 3.8) is 0 Å². The zero-order chi connectivity index (χ0) is 16.9. The Balaban J connectivity index is 2.11. The van der Waals surface area contributed by atoms with E-state index in [1.165, 1.54) is 0 Å². The third-order valence-corrected chi connectivity index (χ3v) is 3.90. The standard InChI is InChI=1S/C18H27N3O2/c1-6-19-17(21-12-18(3,4)22-5)20-11-16-13(2)14-9-7-8-10-15(14)23-16/h7-10H,6,11-12H2,1-5H3,(H2,19,20,21). The number of aliphatic imine (C=N–C) groups is 1. The van der Waals surface area contributed by atoms with Crippen LogP contribution in [-0.2, 0) is 11.3 Å². The summed E-state index contributed by atoms with van der Waals surface area (Å²) in [6, 6.07) is 8.07. The summed E-state index contributed by atoms with van der Waals surface area (Å²) in [4.78, 5) is 4.62. The van der Waals surface area contributed by atoms with Gasteiger partial charge in [-0.15, -0.1) is 0 Å². The van der Waals surface area contributed by atoms with Gasteiger partial charge in [0.25, 0.3) is 0 Å². The van der Waals surface area contributed by atoms with Crippen LogP contribution in [0.25, 0.3) is 11.0 Å². The molecule has 1 aromatic carbocycles. The van der Waals surface area contributed by atoms with Gasteiger partial charge < -0.3 is 19.8 Å². The van der Waals surface area contributed by atoms with Crippen molar-refractivity contribution in [2.24, 2.45) is 4.99 Å². The van der Waals surface area contributed by atoms with Crippen LogP contribution in [-0.4, -0.2) is 31.8 Å². The lowest BCUT2D eigenvalue weighted by atomic mass is 10.1. The number of para-hydroxylation sites is 1. The van der Waals surface area contributed by atoms with Gasteiger partial charge in [-0.25, -0.2) is 4.99 Å². The number of nitrogens with one attached hydrogen (secondary N) is 2. The highest BCUT2D eigenvalue weighted by Gasteiger charge is 2.16. The maximum Gasteiger partial charge on any atom is 0.191 e. The van der Waals surface area contributed by atoms with E-state index >= 15 is 0 Å². The SMILES string of the molecule is CCNC(=NCc1oc2ccccc2c1C)NCC(C)(C)OC. The molecule has 2 rings (SSSR count). The summed E-state index contributed by atoms with van der Waals surface area (Å²) in [5.74, 6) is 1.66. The molecule has 0 atom stereocenters.